The zero-order chi connectivity index (χ0) is 13.5. The lowest BCUT2D eigenvalue weighted by Crippen LogP contribution is -2.43. The number of aryl methyl sites for hydroxylation is 1. The zero-order valence-electron chi connectivity index (χ0n) is 11.7. The molecule has 1 aromatic carbocycles. The lowest BCUT2D eigenvalue weighted by atomic mass is 10.2. The van der Waals surface area contributed by atoms with Crippen LogP contribution in [0.3, 0.4) is 0 Å². The van der Waals surface area contributed by atoms with Crippen molar-refractivity contribution in [3.05, 3.63) is 28.2 Å². The maximum absolute atomic E-state index is 3.53. The van der Waals surface area contributed by atoms with Gasteiger partial charge in [0.25, 0.3) is 0 Å². The second-order valence-corrected chi connectivity index (χ2v) is 6.04. The van der Waals surface area contributed by atoms with Crippen molar-refractivity contribution in [3.63, 3.8) is 0 Å². The molecule has 2 rings (SSSR count). The number of hydrogen-bond acceptors (Lipinski definition) is 3. The van der Waals surface area contributed by atoms with Gasteiger partial charge in [0.05, 0.1) is 0 Å². The Hall–Kier alpha value is -0.580. The van der Waals surface area contributed by atoms with E-state index in [9.17, 15) is 0 Å². The van der Waals surface area contributed by atoms with Crippen LogP contribution in [0.1, 0.15) is 18.4 Å². The van der Waals surface area contributed by atoms with Crippen molar-refractivity contribution in [2.75, 3.05) is 44.6 Å². The summed E-state index contributed by atoms with van der Waals surface area (Å²) in [7, 11) is 0. The van der Waals surface area contributed by atoms with Crippen molar-refractivity contribution in [1.82, 2.24) is 10.2 Å². The van der Waals surface area contributed by atoms with Gasteiger partial charge in [-0.2, -0.15) is 0 Å². The molecule has 0 saturated carbocycles. The summed E-state index contributed by atoms with van der Waals surface area (Å²) in [5.74, 6) is 0. The van der Waals surface area contributed by atoms with Crippen LogP contribution >= 0.6 is 15.9 Å². The molecule has 1 heterocycles. The molecule has 3 nitrogen and oxygen atoms in total. The fourth-order valence-electron chi connectivity index (χ4n) is 2.38. The number of hydrogen-bond donors (Lipinski definition) is 2. The molecule has 1 aliphatic heterocycles. The van der Waals surface area contributed by atoms with Crippen LogP contribution in [0.4, 0.5) is 5.69 Å². The molecule has 19 heavy (non-hydrogen) atoms. The molecule has 4 heteroatoms. The highest BCUT2D eigenvalue weighted by Gasteiger charge is 2.07. The number of unbranched alkanes of at least 4 members (excludes halogenated alkanes) is 1. The Morgan fingerprint density at radius 2 is 2.05 bits per heavy atom. The van der Waals surface area contributed by atoms with Gasteiger partial charge in [-0.1, -0.05) is 15.9 Å². The molecule has 0 spiro atoms. The van der Waals surface area contributed by atoms with Crippen LogP contribution < -0.4 is 10.6 Å². The maximum atomic E-state index is 3.53. The second-order valence-electron chi connectivity index (χ2n) is 5.19. The standard InChI is InChI=1S/C15H24BrN3/c1-13-12-14(4-5-15(13)16)18-6-2-3-9-19-10-7-17-8-11-19/h4-5,12,17-18H,2-3,6-11H2,1H3. The largest absolute Gasteiger partial charge is 0.385 e. The third-order valence-corrected chi connectivity index (χ3v) is 4.49. The Morgan fingerprint density at radius 3 is 2.79 bits per heavy atom. The average molecular weight is 326 g/mol. The maximum Gasteiger partial charge on any atom is 0.0343 e. The Bertz CT molecular complexity index is 389. The summed E-state index contributed by atoms with van der Waals surface area (Å²) in [6.07, 6.45) is 2.52. The first kappa shape index (κ1) is 14.8. The molecule has 0 atom stereocenters. The highest BCUT2D eigenvalue weighted by molar-refractivity contribution is 9.10. The lowest BCUT2D eigenvalue weighted by molar-refractivity contribution is 0.237. The summed E-state index contributed by atoms with van der Waals surface area (Å²) < 4.78 is 1.18. The first-order chi connectivity index (χ1) is 9.25. The minimum Gasteiger partial charge on any atom is -0.385 e. The van der Waals surface area contributed by atoms with Crippen molar-refractivity contribution in [2.45, 2.75) is 19.8 Å². The van der Waals surface area contributed by atoms with Gasteiger partial charge in [-0.3, -0.25) is 0 Å². The molecule has 1 saturated heterocycles. The van der Waals surface area contributed by atoms with E-state index in [1.165, 1.54) is 48.2 Å². The monoisotopic (exact) mass is 325 g/mol. The minimum absolute atomic E-state index is 1.06. The van der Waals surface area contributed by atoms with Gasteiger partial charge in [0.1, 0.15) is 0 Å². The van der Waals surface area contributed by atoms with Crippen LogP contribution in [0.15, 0.2) is 22.7 Å². The highest BCUT2D eigenvalue weighted by atomic mass is 79.9. The molecule has 0 radical (unpaired) electrons. The summed E-state index contributed by atoms with van der Waals surface area (Å²) in [4.78, 5) is 2.56. The lowest BCUT2D eigenvalue weighted by Gasteiger charge is -2.27. The number of nitrogens with zero attached hydrogens (tertiary/aromatic N) is 1. The molecule has 0 aromatic heterocycles. The molecule has 0 amide bonds. The Balaban J connectivity index is 1.59. The predicted molar refractivity (Wildman–Crippen MR) is 85.9 cm³/mol. The highest BCUT2D eigenvalue weighted by Crippen LogP contribution is 2.19. The fourth-order valence-corrected chi connectivity index (χ4v) is 2.63. The van der Waals surface area contributed by atoms with Crippen LogP contribution in [-0.4, -0.2) is 44.2 Å². The first-order valence-corrected chi connectivity index (χ1v) is 7.98. The van der Waals surface area contributed by atoms with Gasteiger partial charge in [-0.25, -0.2) is 0 Å². The van der Waals surface area contributed by atoms with Gasteiger partial charge in [0.2, 0.25) is 0 Å². The SMILES string of the molecule is Cc1cc(NCCCCN2CCNCC2)ccc1Br. The van der Waals surface area contributed by atoms with Crippen molar-refractivity contribution in [3.8, 4) is 0 Å². The van der Waals surface area contributed by atoms with E-state index in [-0.39, 0.29) is 0 Å². The third-order valence-electron chi connectivity index (χ3n) is 3.60. The van der Waals surface area contributed by atoms with Crippen LogP contribution in [0.2, 0.25) is 0 Å². The molecular weight excluding hydrogens is 302 g/mol. The first-order valence-electron chi connectivity index (χ1n) is 7.19. The van der Waals surface area contributed by atoms with E-state index in [0.717, 1.165) is 19.6 Å². The van der Waals surface area contributed by atoms with Crippen molar-refractivity contribution >= 4 is 21.6 Å². The molecule has 0 bridgehead atoms. The summed E-state index contributed by atoms with van der Waals surface area (Å²) in [6, 6.07) is 6.44. The number of halogens is 1. The number of piperazine rings is 1. The second kappa shape index (κ2) is 7.88. The smallest absolute Gasteiger partial charge is 0.0343 e. The normalized spacial score (nSPS) is 16.5. The molecule has 1 aromatic rings. The fraction of sp³-hybridized carbons (Fsp3) is 0.600. The number of rotatable bonds is 6. The van der Waals surface area contributed by atoms with Gasteiger partial charge in [-0.05, 0) is 50.1 Å². The van der Waals surface area contributed by atoms with Crippen molar-refractivity contribution in [2.24, 2.45) is 0 Å². The summed E-state index contributed by atoms with van der Waals surface area (Å²) in [5, 5.41) is 6.89. The molecule has 0 aliphatic carbocycles. The minimum atomic E-state index is 1.06. The van der Waals surface area contributed by atoms with Crippen LogP contribution in [-0.2, 0) is 0 Å². The van der Waals surface area contributed by atoms with E-state index in [0.29, 0.717) is 0 Å². The van der Waals surface area contributed by atoms with E-state index in [1.54, 1.807) is 0 Å². The van der Waals surface area contributed by atoms with Crippen molar-refractivity contribution in [1.29, 1.82) is 0 Å². The van der Waals surface area contributed by atoms with Gasteiger partial charge in [0.15, 0.2) is 0 Å². The molecule has 0 unspecified atom stereocenters. The van der Waals surface area contributed by atoms with E-state index < -0.39 is 0 Å². The predicted octanol–water partition coefficient (Wildman–Crippen LogP) is 2.85. The Labute approximate surface area is 124 Å². The Morgan fingerprint density at radius 1 is 1.26 bits per heavy atom. The van der Waals surface area contributed by atoms with Crippen molar-refractivity contribution < 1.29 is 0 Å². The quantitative estimate of drug-likeness (QED) is 0.787. The Kier molecular flexibility index (Phi) is 6.14. The molecule has 1 aliphatic rings. The summed E-state index contributed by atoms with van der Waals surface area (Å²) in [6.45, 7) is 9.14. The third kappa shape index (κ3) is 5.13. The number of anilines is 1. The van der Waals surface area contributed by atoms with E-state index in [1.807, 2.05) is 0 Å². The molecule has 106 valence electrons. The average Bonchev–Trinajstić information content (AvgIpc) is 2.43. The zero-order valence-corrected chi connectivity index (χ0v) is 13.3. The van der Waals surface area contributed by atoms with Crippen LogP contribution in [0.25, 0.3) is 0 Å². The summed E-state index contributed by atoms with van der Waals surface area (Å²) >= 11 is 3.53. The molecule has 2 N–H and O–H groups in total. The van der Waals surface area contributed by atoms with Crippen LogP contribution in [0, 0.1) is 6.92 Å². The van der Waals surface area contributed by atoms with Crippen LogP contribution in [0.5, 0.6) is 0 Å². The van der Waals surface area contributed by atoms with Gasteiger partial charge >= 0.3 is 0 Å². The van der Waals surface area contributed by atoms with E-state index in [4.69, 9.17) is 0 Å². The number of benzene rings is 1. The van der Waals surface area contributed by atoms with E-state index in [2.05, 4.69) is 56.6 Å². The van der Waals surface area contributed by atoms with Gasteiger partial charge in [-0.15, -0.1) is 0 Å². The topological polar surface area (TPSA) is 27.3 Å². The van der Waals surface area contributed by atoms with Gasteiger partial charge < -0.3 is 15.5 Å². The van der Waals surface area contributed by atoms with E-state index >= 15 is 0 Å². The molecular formula is C15H24BrN3. The number of nitrogens with one attached hydrogen (secondary N) is 2. The van der Waals surface area contributed by atoms with Gasteiger partial charge in [0, 0.05) is 42.9 Å². The summed E-state index contributed by atoms with van der Waals surface area (Å²) in [5.41, 5.74) is 2.51. The molecule has 1 fully saturated rings.